The van der Waals surface area contributed by atoms with Crippen LogP contribution in [0.1, 0.15) is 13.8 Å². The Labute approximate surface area is 85.0 Å². The van der Waals surface area contributed by atoms with Gasteiger partial charge in [0.1, 0.15) is 0 Å². The topological polar surface area (TPSA) is 70.4 Å². The van der Waals surface area contributed by atoms with Crippen LogP contribution in [-0.2, 0) is 4.79 Å². The molecule has 1 aliphatic heterocycles. The van der Waals surface area contributed by atoms with Crippen LogP contribution in [-0.4, -0.2) is 43.0 Å². The molecule has 1 aliphatic rings. The largest absolute Gasteiger partial charge is 0.314 e. The molecule has 0 aromatic carbocycles. The predicted octanol–water partition coefficient (Wildman–Crippen LogP) is -1.09. The average Bonchev–Trinajstić information content (AvgIpc) is 2.27. The van der Waals surface area contributed by atoms with Gasteiger partial charge in [-0.3, -0.25) is 15.1 Å². The number of nitrogens with zero attached hydrogens (tertiary/aromatic N) is 1. The minimum atomic E-state index is -0.0870. The molecule has 0 radical (unpaired) electrons. The zero-order valence-corrected chi connectivity index (χ0v) is 8.92. The highest BCUT2D eigenvalue weighted by molar-refractivity contribution is 5.78. The first-order chi connectivity index (χ1) is 6.66. The number of hydrogen-bond acceptors (Lipinski definition) is 4. The van der Waals surface area contributed by atoms with Gasteiger partial charge in [0, 0.05) is 32.2 Å². The van der Waals surface area contributed by atoms with Crippen LogP contribution in [0.4, 0.5) is 0 Å². The summed E-state index contributed by atoms with van der Waals surface area (Å²) in [6.45, 7) is 8.00. The van der Waals surface area contributed by atoms with Crippen molar-refractivity contribution in [1.29, 1.82) is 0 Å². The summed E-state index contributed by atoms with van der Waals surface area (Å²) < 4.78 is 0. The first-order valence-electron chi connectivity index (χ1n) is 5.12. The molecule has 4 N–H and O–H groups in total. The van der Waals surface area contributed by atoms with Crippen LogP contribution >= 0.6 is 0 Å². The molecule has 1 saturated heterocycles. The molecule has 0 aliphatic carbocycles. The number of carbonyl (C=O) groups is 1. The molecule has 1 heterocycles. The van der Waals surface area contributed by atoms with Crippen LogP contribution in [0.3, 0.4) is 0 Å². The Morgan fingerprint density at radius 3 is 2.50 bits per heavy atom. The fourth-order valence-corrected chi connectivity index (χ4v) is 1.76. The molecule has 5 heteroatoms. The molecule has 0 bridgehead atoms. The van der Waals surface area contributed by atoms with Gasteiger partial charge < -0.3 is 5.32 Å². The minimum Gasteiger partial charge on any atom is -0.314 e. The van der Waals surface area contributed by atoms with Crippen molar-refractivity contribution in [2.45, 2.75) is 19.9 Å². The zero-order valence-electron chi connectivity index (χ0n) is 8.92. The average molecular weight is 200 g/mol. The van der Waals surface area contributed by atoms with Gasteiger partial charge in [-0.05, 0) is 6.92 Å². The standard InChI is InChI=1S/C9H20N4O/c1-7(9(14)12-10)8(2)13-5-3-11-4-6-13/h7-8,11H,3-6,10H2,1-2H3,(H,12,14). The van der Waals surface area contributed by atoms with E-state index in [1.807, 2.05) is 6.92 Å². The molecule has 82 valence electrons. The summed E-state index contributed by atoms with van der Waals surface area (Å²) in [6.07, 6.45) is 0. The molecule has 1 rings (SSSR count). The maximum absolute atomic E-state index is 11.3. The van der Waals surface area contributed by atoms with Gasteiger partial charge in [0.25, 0.3) is 0 Å². The van der Waals surface area contributed by atoms with Gasteiger partial charge in [-0.2, -0.15) is 0 Å². The van der Waals surface area contributed by atoms with E-state index >= 15 is 0 Å². The van der Waals surface area contributed by atoms with Gasteiger partial charge in [0.2, 0.25) is 5.91 Å². The quantitative estimate of drug-likeness (QED) is 0.307. The molecule has 0 saturated carbocycles. The Balaban J connectivity index is 2.45. The third kappa shape index (κ3) is 2.67. The van der Waals surface area contributed by atoms with Crippen molar-refractivity contribution >= 4 is 5.91 Å². The number of rotatable bonds is 3. The van der Waals surface area contributed by atoms with E-state index in [2.05, 4.69) is 22.6 Å². The molecule has 1 amide bonds. The van der Waals surface area contributed by atoms with E-state index in [4.69, 9.17) is 5.84 Å². The second-order valence-corrected chi connectivity index (χ2v) is 3.82. The first kappa shape index (κ1) is 11.4. The molecule has 2 unspecified atom stereocenters. The highest BCUT2D eigenvalue weighted by Gasteiger charge is 2.25. The zero-order chi connectivity index (χ0) is 10.6. The van der Waals surface area contributed by atoms with E-state index in [-0.39, 0.29) is 17.9 Å². The molecule has 5 nitrogen and oxygen atoms in total. The molecule has 0 spiro atoms. The van der Waals surface area contributed by atoms with E-state index < -0.39 is 0 Å². The van der Waals surface area contributed by atoms with E-state index in [1.54, 1.807) is 0 Å². The Morgan fingerprint density at radius 2 is 2.00 bits per heavy atom. The van der Waals surface area contributed by atoms with Gasteiger partial charge in [0.05, 0.1) is 5.92 Å². The SMILES string of the molecule is CC(C(=O)NN)C(C)N1CCNCC1. The Hall–Kier alpha value is -0.650. The van der Waals surface area contributed by atoms with Gasteiger partial charge >= 0.3 is 0 Å². The van der Waals surface area contributed by atoms with Gasteiger partial charge in [-0.15, -0.1) is 0 Å². The Morgan fingerprint density at radius 1 is 1.43 bits per heavy atom. The maximum Gasteiger partial charge on any atom is 0.238 e. The summed E-state index contributed by atoms with van der Waals surface area (Å²) in [7, 11) is 0. The van der Waals surface area contributed by atoms with Crippen LogP contribution in [0.5, 0.6) is 0 Å². The third-order valence-electron chi connectivity index (χ3n) is 3.01. The van der Waals surface area contributed by atoms with Crippen molar-refractivity contribution in [3.63, 3.8) is 0 Å². The third-order valence-corrected chi connectivity index (χ3v) is 3.01. The van der Waals surface area contributed by atoms with Crippen molar-refractivity contribution in [3.05, 3.63) is 0 Å². The van der Waals surface area contributed by atoms with Crippen LogP contribution in [0.25, 0.3) is 0 Å². The van der Waals surface area contributed by atoms with Crippen molar-refractivity contribution in [2.24, 2.45) is 11.8 Å². The number of piperazine rings is 1. The van der Waals surface area contributed by atoms with Crippen LogP contribution < -0.4 is 16.6 Å². The fourth-order valence-electron chi connectivity index (χ4n) is 1.76. The lowest BCUT2D eigenvalue weighted by molar-refractivity contribution is -0.126. The molecule has 0 aromatic rings. The lowest BCUT2D eigenvalue weighted by Crippen LogP contribution is -2.52. The molecule has 2 atom stereocenters. The number of hydrazine groups is 1. The Bertz CT molecular complexity index is 191. The minimum absolute atomic E-state index is 0.0573. The number of amides is 1. The number of nitrogens with one attached hydrogen (secondary N) is 2. The molecule has 0 aromatic heterocycles. The van der Waals surface area contributed by atoms with Crippen LogP contribution in [0, 0.1) is 5.92 Å². The molecule has 14 heavy (non-hydrogen) atoms. The smallest absolute Gasteiger partial charge is 0.238 e. The normalized spacial score (nSPS) is 22.8. The van der Waals surface area contributed by atoms with Crippen molar-refractivity contribution in [3.8, 4) is 0 Å². The van der Waals surface area contributed by atoms with Gasteiger partial charge in [-0.1, -0.05) is 6.92 Å². The van der Waals surface area contributed by atoms with E-state index in [0.717, 1.165) is 26.2 Å². The summed E-state index contributed by atoms with van der Waals surface area (Å²) in [4.78, 5) is 13.6. The molecular weight excluding hydrogens is 180 g/mol. The number of carbonyl (C=O) groups excluding carboxylic acids is 1. The maximum atomic E-state index is 11.3. The number of nitrogens with two attached hydrogens (primary N) is 1. The summed E-state index contributed by atoms with van der Waals surface area (Å²) in [5.74, 6) is 4.97. The predicted molar refractivity (Wildman–Crippen MR) is 55.4 cm³/mol. The second kappa shape index (κ2) is 5.29. The molecule has 1 fully saturated rings. The highest BCUT2D eigenvalue weighted by atomic mass is 16.2. The van der Waals surface area contributed by atoms with E-state index in [0.29, 0.717) is 0 Å². The summed E-state index contributed by atoms with van der Waals surface area (Å²) in [5.41, 5.74) is 2.20. The van der Waals surface area contributed by atoms with Crippen molar-refractivity contribution < 1.29 is 4.79 Å². The first-order valence-corrected chi connectivity index (χ1v) is 5.12. The van der Waals surface area contributed by atoms with Crippen LogP contribution in [0.15, 0.2) is 0 Å². The summed E-state index contributed by atoms with van der Waals surface area (Å²) in [5, 5.41) is 3.28. The lowest BCUT2D eigenvalue weighted by atomic mass is 10.0. The van der Waals surface area contributed by atoms with E-state index in [1.165, 1.54) is 0 Å². The fraction of sp³-hybridized carbons (Fsp3) is 0.889. The van der Waals surface area contributed by atoms with Crippen LogP contribution in [0.2, 0.25) is 0 Å². The van der Waals surface area contributed by atoms with Crippen molar-refractivity contribution in [2.75, 3.05) is 26.2 Å². The van der Waals surface area contributed by atoms with Gasteiger partial charge in [0.15, 0.2) is 0 Å². The summed E-state index contributed by atoms with van der Waals surface area (Å²) >= 11 is 0. The highest BCUT2D eigenvalue weighted by Crippen LogP contribution is 2.11. The summed E-state index contributed by atoms with van der Waals surface area (Å²) in [6, 6.07) is 0.251. The van der Waals surface area contributed by atoms with Gasteiger partial charge in [-0.25, -0.2) is 5.84 Å². The monoisotopic (exact) mass is 200 g/mol. The number of hydrogen-bond donors (Lipinski definition) is 3. The second-order valence-electron chi connectivity index (χ2n) is 3.82. The lowest BCUT2D eigenvalue weighted by Gasteiger charge is -2.35. The Kier molecular flexibility index (Phi) is 4.31. The molecular formula is C9H20N4O. The van der Waals surface area contributed by atoms with Crippen molar-refractivity contribution in [1.82, 2.24) is 15.6 Å². The van der Waals surface area contributed by atoms with E-state index in [9.17, 15) is 4.79 Å².